The van der Waals surface area contributed by atoms with Gasteiger partial charge in [-0.15, -0.1) is 23.5 Å². The molecule has 3 heteroatoms. The van der Waals surface area contributed by atoms with Crippen molar-refractivity contribution in [1.29, 1.82) is 0 Å². The maximum atomic E-state index is 11.1. The summed E-state index contributed by atoms with van der Waals surface area (Å²) in [4.78, 5) is 11.1. The van der Waals surface area contributed by atoms with Crippen molar-refractivity contribution in [2.75, 3.05) is 11.5 Å². The minimum Gasteiger partial charge on any atom is -0.298 e. The Balaban J connectivity index is 2.56. The Morgan fingerprint density at radius 2 is 1.90 bits per heavy atom. The molecule has 1 nitrogen and oxygen atoms in total. The van der Waals surface area contributed by atoms with Gasteiger partial charge in [0.25, 0.3) is 0 Å². The number of ketones is 1. The first-order valence-electron chi connectivity index (χ1n) is 3.44. The number of Topliss-reactive ketones (excluding diaryl/α,β-unsaturated/α-hetero) is 1. The molecule has 0 aromatic carbocycles. The van der Waals surface area contributed by atoms with E-state index < -0.39 is 0 Å². The Labute approximate surface area is 70.3 Å². The highest BCUT2D eigenvalue weighted by molar-refractivity contribution is 8.19. The van der Waals surface area contributed by atoms with Gasteiger partial charge in [-0.3, -0.25) is 4.79 Å². The normalized spacial score (nSPS) is 24.2. The Hall–Kier alpha value is 0.370. The Kier molecular flexibility index (Phi) is 2.69. The third kappa shape index (κ3) is 1.70. The summed E-state index contributed by atoms with van der Waals surface area (Å²) in [6, 6.07) is 0. The molecule has 0 amide bonds. The van der Waals surface area contributed by atoms with Gasteiger partial charge in [0.2, 0.25) is 0 Å². The second-order valence-corrected chi connectivity index (χ2v) is 5.84. The highest BCUT2D eigenvalue weighted by atomic mass is 32.2. The van der Waals surface area contributed by atoms with Gasteiger partial charge in [0.15, 0.2) is 5.78 Å². The Morgan fingerprint density at radius 3 is 2.20 bits per heavy atom. The van der Waals surface area contributed by atoms with E-state index in [0.717, 1.165) is 11.5 Å². The maximum absolute atomic E-state index is 11.1. The topological polar surface area (TPSA) is 17.1 Å². The fourth-order valence-corrected chi connectivity index (χ4v) is 3.62. The minimum absolute atomic E-state index is 0.127. The van der Waals surface area contributed by atoms with Crippen molar-refractivity contribution >= 4 is 29.3 Å². The van der Waals surface area contributed by atoms with Crippen molar-refractivity contribution in [1.82, 2.24) is 0 Å². The zero-order valence-corrected chi connectivity index (χ0v) is 7.98. The van der Waals surface area contributed by atoms with Crippen LogP contribution in [-0.2, 0) is 4.79 Å². The summed E-state index contributed by atoms with van der Waals surface area (Å²) in [5.41, 5.74) is 0. The summed E-state index contributed by atoms with van der Waals surface area (Å²) >= 11 is 3.57. The lowest BCUT2D eigenvalue weighted by Gasteiger charge is -2.29. The molecule has 1 saturated heterocycles. The molecule has 0 radical (unpaired) electrons. The van der Waals surface area contributed by atoms with Crippen molar-refractivity contribution in [3.05, 3.63) is 0 Å². The van der Waals surface area contributed by atoms with E-state index in [1.165, 1.54) is 6.42 Å². The highest BCUT2D eigenvalue weighted by Gasteiger charge is 2.32. The second kappa shape index (κ2) is 3.18. The van der Waals surface area contributed by atoms with Gasteiger partial charge in [0, 0.05) is 0 Å². The zero-order valence-electron chi connectivity index (χ0n) is 6.35. The minimum atomic E-state index is -0.127. The lowest BCUT2D eigenvalue weighted by molar-refractivity contribution is -0.116. The van der Waals surface area contributed by atoms with Crippen LogP contribution in [0.2, 0.25) is 0 Å². The van der Waals surface area contributed by atoms with Gasteiger partial charge in [-0.25, -0.2) is 0 Å². The molecular weight excluding hydrogens is 164 g/mol. The summed E-state index contributed by atoms with van der Waals surface area (Å²) in [7, 11) is 0. The Bertz CT molecular complexity index is 139. The fourth-order valence-electron chi connectivity index (χ4n) is 0.838. The number of carbonyl (C=O) groups is 1. The zero-order chi connectivity index (χ0) is 7.61. The quantitative estimate of drug-likeness (QED) is 0.609. The molecule has 1 rings (SSSR count). The third-order valence-electron chi connectivity index (χ3n) is 1.68. The molecule has 0 spiro atoms. The number of rotatable bonds is 1. The number of carbonyl (C=O) groups excluding carboxylic acids is 1. The maximum Gasteiger partial charge on any atom is 0.155 e. The molecule has 0 aromatic rings. The molecule has 0 unspecified atom stereocenters. The van der Waals surface area contributed by atoms with Crippen LogP contribution in [0.15, 0.2) is 0 Å². The third-order valence-corrected chi connectivity index (χ3v) is 5.05. The number of thioether (sulfide) groups is 2. The Morgan fingerprint density at radius 1 is 1.40 bits per heavy atom. The van der Waals surface area contributed by atoms with Gasteiger partial charge in [-0.1, -0.05) is 0 Å². The molecule has 1 heterocycles. The molecular formula is C7H12OS2. The molecule has 1 aliphatic rings. The van der Waals surface area contributed by atoms with Crippen LogP contribution in [0.4, 0.5) is 0 Å². The average Bonchev–Trinajstić information content (AvgIpc) is 1.89. The van der Waals surface area contributed by atoms with E-state index in [-0.39, 0.29) is 4.08 Å². The first kappa shape index (κ1) is 8.47. The van der Waals surface area contributed by atoms with Gasteiger partial charge in [-0.2, -0.15) is 0 Å². The smallest absolute Gasteiger partial charge is 0.155 e. The highest BCUT2D eigenvalue weighted by Crippen LogP contribution is 2.42. The number of hydrogen-bond donors (Lipinski definition) is 0. The van der Waals surface area contributed by atoms with Crippen LogP contribution < -0.4 is 0 Å². The van der Waals surface area contributed by atoms with Crippen molar-refractivity contribution in [2.45, 2.75) is 24.3 Å². The summed E-state index contributed by atoms with van der Waals surface area (Å²) in [5.74, 6) is 2.59. The monoisotopic (exact) mass is 176 g/mol. The summed E-state index contributed by atoms with van der Waals surface area (Å²) < 4.78 is -0.127. The predicted molar refractivity (Wildman–Crippen MR) is 48.6 cm³/mol. The average molecular weight is 176 g/mol. The van der Waals surface area contributed by atoms with Gasteiger partial charge in [-0.05, 0) is 31.8 Å². The molecule has 0 bridgehead atoms. The largest absolute Gasteiger partial charge is 0.298 e. The summed E-state index contributed by atoms with van der Waals surface area (Å²) in [6.45, 7) is 3.72. The molecule has 1 fully saturated rings. The van der Waals surface area contributed by atoms with Crippen LogP contribution in [0.1, 0.15) is 20.3 Å². The first-order valence-corrected chi connectivity index (χ1v) is 5.41. The molecule has 0 N–H and O–H groups in total. The molecule has 1 aliphatic heterocycles. The standard InChI is InChI=1S/C7H12OS2/c1-6(8)7(2)9-4-3-5-10-7/h3-5H2,1-2H3. The molecule has 0 saturated carbocycles. The van der Waals surface area contributed by atoms with E-state index in [1.807, 2.05) is 6.92 Å². The predicted octanol–water partition coefficient (Wildman–Crippen LogP) is 2.16. The van der Waals surface area contributed by atoms with Crippen LogP contribution in [0.5, 0.6) is 0 Å². The van der Waals surface area contributed by atoms with Crippen LogP contribution in [-0.4, -0.2) is 21.4 Å². The van der Waals surface area contributed by atoms with E-state index in [9.17, 15) is 4.79 Å². The van der Waals surface area contributed by atoms with Crippen molar-refractivity contribution in [2.24, 2.45) is 0 Å². The van der Waals surface area contributed by atoms with Gasteiger partial charge >= 0.3 is 0 Å². The molecule has 0 atom stereocenters. The van der Waals surface area contributed by atoms with E-state index >= 15 is 0 Å². The van der Waals surface area contributed by atoms with Crippen molar-refractivity contribution in [3.63, 3.8) is 0 Å². The molecule has 58 valence electrons. The van der Waals surface area contributed by atoms with E-state index in [2.05, 4.69) is 0 Å². The van der Waals surface area contributed by atoms with Crippen LogP contribution in [0.25, 0.3) is 0 Å². The van der Waals surface area contributed by atoms with E-state index in [4.69, 9.17) is 0 Å². The van der Waals surface area contributed by atoms with Crippen LogP contribution in [0.3, 0.4) is 0 Å². The van der Waals surface area contributed by atoms with Crippen molar-refractivity contribution in [3.8, 4) is 0 Å². The van der Waals surface area contributed by atoms with Gasteiger partial charge in [0.1, 0.15) is 4.08 Å². The first-order chi connectivity index (χ1) is 4.65. The molecule has 10 heavy (non-hydrogen) atoms. The van der Waals surface area contributed by atoms with Crippen LogP contribution >= 0.6 is 23.5 Å². The number of hydrogen-bond acceptors (Lipinski definition) is 3. The second-order valence-electron chi connectivity index (χ2n) is 2.55. The van der Waals surface area contributed by atoms with Crippen molar-refractivity contribution < 1.29 is 4.79 Å². The molecule has 0 aromatic heterocycles. The lowest BCUT2D eigenvalue weighted by atomic mass is 10.3. The van der Waals surface area contributed by atoms with E-state index in [0.29, 0.717) is 5.78 Å². The lowest BCUT2D eigenvalue weighted by Crippen LogP contribution is -2.28. The van der Waals surface area contributed by atoms with Gasteiger partial charge in [0.05, 0.1) is 0 Å². The van der Waals surface area contributed by atoms with E-state index in [1.54, 1.807) is 30.4 Å². The fraction of sp³-hybridized carbons (Fsp3) is 0.857. The van der Waals surface area contributed by atoms with Crippen LogP contribution in [0, 0.1) is 0 Å². The van der Waals surface area contributed by atoms with Gasteiger partial charge < -0.3 is 0 Å². The molecule has 0 aliphatic carbocycles. The summed E-state index contributed by atoms with van der Waals surface area (Å²) in [6.07, 6.45) is 1.25. The summed E-state index contributed by atoms with van der Waals surface area (Å²) in [5, 5.41) is 0. The SMILES string of the molecule is CC(=O)C1(C)SCCCS1.